The fourth-order valence-electron chi connectivity index (χ4n) is 1.20. The van der Waals surface area contributed by atoms with E-state index in [-0.39, 0.29) is 11.0 Å². The monoisotopic (exact) mass is 310 g/mol. The van der Waals surface area contributed by atoms with E-state index in [0.29, 0.717) is 10.0 Å². The zero-order valence-electron chi connectivity index (χ0n) is 8.25. The summed E-state index contributed by atoms with van der Waals surface area (Å²) in [6.45, 7) is 0. The van der Waals surface area contributed by atoms with E-state index in [2.05, 4.69) is 10.3 Å². The molecule has 1 atom stereocenters. The van der Waals surface area contributed by atoms with Crippen LogP contribution < -0.4 is 10.1 Å². The fourth-order valence-corrected chi connectivity index (χ4v) is 2.13. The molecule has 0 aliphatic carbocycles. The van der Waals surface area contributed by atoms with Gasteiger partial charge >= 0.3 is 5.18 Å². The predicted octanol–water partition coefficient (Wildman–Crippen LogP) is 3.98. The number of hydrogen-bond acceptors (Lipinski definition) is 3. The first-order valence-corrected chi connectivity index (χ1v) is 6.03. The number of nitrogens with zero attached hydrogens (tertiary/aromatic N) is 1. The number of benzene rings is 1. The molecular weight excluding hydrogens is 306 g/mol. The van der Waals surface area contributed by atoms with Gasteiger partial charge in [0.2, 0.25) is 0 Å². The van der Waals surface area contributed by atoms with E-state index in [1.807, 2.05) is 0 Å². The van der Waals surface area contributed by atoms with Crippen LogP contribution in [0.1, 0.15) is 0 Å². The highest BCUT2D eigenvalue weighted by molar-refractivity contribution is 6.65. The molecule has 0 amide bonds. The van der Waals surface area contributed by atoms with Gasteiger partial charge in [-0.25, -0.2) is 0 Å². The van der Waals surface area contributed by atoms with Crippen molar-refractivity contribution in [1.82, 2.24) is 5.32 Å². The summed E-state index contributed by atoms with van der Waals surface area (Å²) in [4.78, 5) is 3.90. The highest BCUT2D eigenvalue weighted by atomic mass is 35.5. The third-order valence-electron chi connectivity index (χ3n) is 1.91. The van der Waals surface area contributed by atoms with Crippen LogP contribution in [-0.4, -0.2) is 10.5 Å². The molecule has 0 radical (unpaired) electrons. The average molecular weight is 312 g/mol. The summed E-state index contributed by atoms with van der Waals surface area (Å²) in [7, 11) is 0. The zero-order valence-corrected chi connectivity index (χ0v) is 11.3. The summed E-state index contributed by atoms with van der Waals surface area (Å²) in [5.74, 6) is 0.255. The van der Waals surface area contributed by atoms with E-state index < -0.39 is 5.18 Å². The Morgan fingerprint density at radius 1 is 1.18 bits per heavy atom. The maximum absolute atomic E-state index is 6.11. The van der Waals surface area contributed by atoms with E-state index in [1.165, 1.54) is 12.3 Å². The minimum atomic E-state index is -1.45. The first kappa shape index (κ1) is 12.8. The summed E-state index contributed by atoms with van der Waals surface area (Å²) in [5.41, 5.74) is 0. The van der Waals surface area contributed by atoms with Gasteiger partial charge in [0.05, 0.1) is 10.0 Å². The Kier molecular flexibility index (Phi) is 3.73. The lowest BCUT2D eigenvalue weighted by Gasteiger charge is -2.24. The molecule has 3 nitrogen and oxygen atoms in total. The van der Waals surface area contributed by atoms with E-state index in [4.69, 9.17) is 51.1 Å². The molecule has 1 aromatic carbocycles. The minimum Gasteiger partial charge on any atom is -0.446 e. The largest absolute Gasteiger partial charge is 0.446 e. The molecule has 7 heteroatoms. The third-order valence-corrected chi connectivity index (χ3v) is 2.98. The van der Waals surface area contributed by atoms with Gasteiger partial charge in [-0.15, -0.1) is 0 Å². The van der Waals surface area contributed by atoms with Gasteiger partial charge in [-0.1, -0.05) is 29.3 Å². The van der Waals surface area contributed by atoms with Crippen molar-refractivity contribution >= 4 is 51.7 Å². The molecule has 2 rings (SSSR count). The van der Waals surface area contributed by atoms with Gasteiger partial charge in [0.15, 0.2) is 11.0 Å². The van der Waals surface area contributed by atoms with Crippen molar-refractivity contribution in [3.8, 4) is 5.75 Å². The van der Waals surface area contributed by atoms with Crippen LogP contribution in [0.5, 0.6) is 5.75 Å². The topological polar surface area (TPSA) is 33.6 Å². The van der Waals surface area contributed by atoms with E-state index in [0.717, 1.165) is 0 Å². The van der Waals surface area contributed by atoms with Crippen molar-refractivity contribution in [3.05, 3.63) is 40.5 Å². The molecule has 1 unspecified atom stereocenters. The minimum absolute atomic E-state index is 0.116. The van der Waals surface area contributed by atoms with Gasteiger partial charge in [0, 0.05) is 12.3 Å². The van der Waals surface area contributed by atoms with Gasteiger partial charge in [-0.2, -0.15) is 4.99 Å². The summed E-state index contributed by atoms with van der Waals surface area (Å²) >= 11 is 23.7. The van der Waals surface area contributed by atoms with Gasteiger partial charge in [-0.3, -0.25) is 0 Å². The number of para-hydroxylation sites is 1. The number of halogens is 4. The summed E-state index contributed by atoms with van der Waals surface area (Å²) in [6, 6.07) is 4.98. The van der Waals surface area contributed by atoms with Crippen LogP contribution in [0.2, 0.25) is 10.0 Å². The molecule has 1 aliphatic rings. The Bertz CT molecular complexity index is 483. The van der Waals surface area contributed by atoms with Crippen LogP contribution in [0.25, 0.3) is 0 Å². The molecule has 1 aliphatic heterocycles. The Morgan fingerprint density at radius 3 is 2.41 bits per heavy atom. The van der Waals surface area contributed by atoms with Crippen LogP contribution in [-0.2, 0) is 0 Å². The maximum atomic E-state index is 6.11. The van der Waals surface area contributed by atoms with Gasteiger partial charge in [0.1, 0.15) is 0 Å². The quantitative estimate of drug-likeness (QED) is 0.662. The average Bonchev–Trinajstić information content (AvgIpc) is 2.23. The molecule has 1 N–H and O–H groups in total. The Labute approximate surface area is 118 Å². The summed E-state index contributed by atoms with van der Waals surface area (Å²) < 4.78 is 5.48. The summed E-state index contributed by atoms with van der Waals surface area (Å²) in [6.07, 6.45) is 3.01. The SMILES string of the molecule is ClC1=NC(Cl)(Oc2c(Cl)cccc2Cl)C=CN1. The fraction of sp³-hybridized carbons (Fsp3) is 0.100. The van der Waals surface area contributed by atoms with Gasteiger partial charge < -0.3 is 10.1 Å². The Hall–Kier alpha value is -0.610. The first-order chi connectivity index (χ1) is 8.00. The van der Waals surface area contributed by atoms with E-state index >= 15 is 0 Å². The number of ether oxygens (including phenoxy) is 1. The predicted molar refractivity (Wildman–Crippen MR) is 71.2 cm³/mol. The molecule has 17 heavy (non-hydrogen) atoms. The number of amidine groups is 1. The van der Waals surface area contributed by atoms with E-state index in [9.17, 15) is 0 Å². The van der Waals surface area contributed by atoms with Crippen LogP contribution in [0.15, 0.2) is 35.5 Å². The van der Waals surface area contributed by atoms with Crippen LogP contribution in [0, 0.1) is 0 Å². The standard InChI is InChI=1S/C10H6Cl4N2O/c11-6-2-1-3-7(12)8(6)17-10(14)4-5-15-9(13)16-10/h1-5H,(H,15,16). The highest BCUT2D eigenvalue weighted by Gasteiger charge is 2.30. The Balaban J connectivity index is 2.32. The van der Waals surface area contributed by atoms with Crippen LogP contribution in [0.4, 0.5) is 0 Å². The molecule has 1 heterocycles. The van der Waals surface area contributed by atoms with Crippen molar-refractivity contribution in [3.63, 3.8) is 0 Å². The van der Waals surface area contributed by atoms with Crippen molar-refractivity contribution in [2.24, 2.45) is 4.99 Å². The molecule has 1 aromatic rings. The van der Waals surface area contributed by atoms with Crippen molar-refractivity contribution < 1.29 is 4.74 Å². The smallest absolute Gasteiger partial charge is 0.302 e. The van der Waals surface area contributed by atoms with Crippen LogP contribution >= 0.6 is 46.4 Å². The second-order valence-corrected chi connectivity index (χ2v) is 4.86. The number of nitrogens with one attached hydrogen (secondary N) is 1. The molecule has 0 spiro atoms. The molecule has 0 saturated heterocycles. The highest BCUT2D eigenvalue weighted by Crippen LogP contribution is 2.37. The lowest BCUT2D eigenvalue weighted by atomic mass is 10.3. The summed E-state index contributed by atoms with van der Waals surface area (Å²) in [5, 5.41) is 2.01. The number of aliphatic imine (C=N–C) groups is 1. The lowest BCUT2D eigenvalue weighted by Crippen LogP contribution is -2.32. The molecule has 0 fully saturated rings. The third kappa shape index (κ3) is 2.99. The molecule has 90 valence electrons. The van der Waals surface area contributed by atoms with Gasteiger partial charge in [-0.05, 0) is 35.3 Å². The maximum Gasteiger partial charge on any atom is 0.302 e. The normalized spacial score (nSPS) is 22.9. The molecular formula is C10H6Cl4N2O. The second kappa shape index (κ2) is 4.94. The van der Waals surface area contributed by atoms with Crippen molar-refractivity contribution in [1.29, 1.82) is 0 Å². The van der Waals surface area contributed by atoms with Crippen molar-refractivity contribution in [2.75, 3.05) is 0 Å². The van der Waals surface area contributed by atoms with Gasteiger partial charge in [0.25, 0.3) is 0 Å². The number of alkyl halides is 1. The zero-order chi connectivity index (χ0) is 12.5. The molecule has 0 saturated carbocycles. The second-order valence-electron chi connectivity index (χ2n) is 3.14. The van der Waals surface area contributed by atoms with Crippen molar-refractivity contribution in [2.45, 2.75) is 5.18 Å². The lowest BCUT2D eigenvalue weighted by molar-refractivity contribution is 0.216. The molecule has 0 aromatic heterocycles. The Morgan fingerprint density at radius 2 is 1.82 bits per heavy atom. The van der Waals surface area contributed by atoms with Crippen LogP contribution in [0.3, 0.4) is 0 Å². The number of rotatable bonds is 2. The number of hydrogen-bond donors (Lipinski definition) is 1. The first-order valence-electron chi connectivity index (χ1n) is 4.52. The molecule has 0 bridgehead atoms. The van der Waals surface area contributed by atoms with E-state index in [1.54, 1.807) is 18.2 Å².